The molecule has 0 aliphatic heterocycles. The molecular weight excluding hydrogens is 178 g/mol. The van der Waals surface area contributed by atoms with Gasteiger partial charge < -0.3 is 4.90 Å². The SMILES string of the molecule is S=CN(Cc1ccccc1)C1CC1. The fraction of sp³-hybridized carbons (Fsp3) is 0.364. The average Bonchev–Trinajstić information content (AvgIpc) is 2.99. The summed E-state index contributed by atoms with van der Waals surface area (Å²) >= 11 is 4.99. The standard InChI is InChI=1S/C11H13NS/c13-9-12(11-6-7-11)8-10-4-2-1-3-5-10/h1-5,9,11H,6-8H2. The molecule has 1 nitrogen and oxygen atoms in total. The van der Waals surface area contributed by atoms with Gasteiger partial charge in [-0.05, 0) is 18.4 Å². The van der Waals surface area contributed by atoms with Crippen LogP contribution in [0.1, 0.15) is 18.4 Å². The number of hydrogen-bond acceptors (Lipinski definition) is 1. The van der Waals surface area contributed by atoms with Crippen molar-refractivity contribution in [2.75, 3.05) is 0 Å². The summed E-state index contributed by atoms with van der Waals surface area (Å²) in [6, 6.07) is 11.2. The van der Waals surface area contributed by atoms with Gasteiger partial charge in [-0.25, -0.2) is 0 Å². The van der Waals surface area contributed by atoms with E-state index in [1.165, 1.54) is 18.4 Å². The van der Waals surface area contributed by atoms with Gasteiger partial charge in [-0.15, -0.1) is 0 Å². The molecule has 0 spiro atoms. The first-order chi connectivity index (χ1) is 6.40. The Morgan fingerprint density at radius 3 is 2.54 bits per heavy atom. The van der Waals surface area contributed by atoms with E-state index in [1.54, 1.807) is 5.49 Å². The summed E-state index contributed by atoms with van der Waals surface area (Å²) in [5, 5.41) is 0. The van der Waals surface area contributed by atoms with E-state index in [0.717, 1.165) is 12.6 Å². The molecule has 0 amide bonds. The molecule has 1 aliphatic rings. The average molecular weight is 191 g/mol. The van der Waals surface area contributed by atoms with Crippen molar-refractivity contribution >= 4 is 17.7 Å². The van der Waals surface area contributed by atoms with Crippen molar-refractivity contribution in [1.82, 2.24) is 4.90 Å². The number of hydrogen-bond donors (Lipinski definition) is 0. The maximum Gasteiger partial charge on any atom is 0.0646 e. The number of benzene rings is 1. The van der Waals surface area contributed by atoms with Crippen LogP contribution in [0.3, 0.4) is 0 Å². The zero-order valence-corrected chi connectivity index (χ0v) is 8.33. The van der Waals surface area contributed by atoms with E-state index < -0.39 is 0 Å². The van der Waals surface area contributed by atoms with E-state index in [-0.39, 0.29) is 0 Å². The van der Waals surface area contributed by atoms with Crippen LogP contribution < -0.4 is 0 Å². The molecule has 0 saturated heterocycles. The summed E-state index contributed by atoms with van der Waals surface area (Å²) in [4.78, 5) is 2.25. The highest BCUT2D eigenvalue weighted by molar-refractivity contribution is 7.78. The third kappa shape index (κ3) is 2.28. The van der Waals surface area contributed by atoms with E-state index in [2.05, 4.69) is 29.2 Å². The van der Waals surface area contributed by atoms with E-state index in [1.807, 2.05) is 6.07 Å². The van der Waals surface area contributed by atoms with E-state index in [0.29, 0.717) is 0 Å². The highest BCUT2D eigenvalue weighted by Gasteiger charge is 2.26. The first kappa shape index (κ1) is 8.70. The minimum Gasteiger partial charge on any atom is -0.361 e. The summed E-state index contributed by atoms with van der Waals surface area (Å²) in [5.74, 6) is 0. The van der Waals surface area contributed by atoms with Gasteiger partial charge in [0.05, 0.1) is 5.49 Å². The first-order valence-electron chi connectivity index (χ1n) is 4.65. The van der Waals surface area contributed by atoms with Gasteiger partial charge in [-0.3, -0.25) is 0 Å². The van der Waals surface area contributed by atoms with Crippen molar-refractivity contribution < 1.29 is 0 Å². The Hall–Kier alpha value is -0.890. The second-order valence-electron chi connectivity index (χ2n) is 3.49. The van der Waals surface area contributed by atoms with Gasteiger partial charge in [0, 0.05) is 12.6 Å². The van der Waals surface area contributed by atoms with Gasteiger partial charge in [-0.2, -0.15) is 0 Å². The molecule has 1 aromatic carbocycles. The lowest BCUT2D eigenvalue weighted by Gasteiger charge is -2.17. The fourth-order valence-corrected chi connectivity index (χ4v) is 1.70. The predicted octanol–water partition coefficient (Wildman–Crippen LogP) is 2.61. The van der Waals surface area contributed by atoms with Crippen LogP contribution in [0.2, 0.25) is 0 Å². The van der Waals surface area contributed by atoms with Gasteiger partial charge in [0.1, 0.15) is 0 Å². The minimum atomic E-state index is 0.720. The van der Waals surface area contributed by atoms with Crippen molar-refractivity contribution in [3.63, 3.8) is 0 Å². The second-order valence-corrected chi connectivity index (χ2v) is 3.71. The van der Waals surface area contributed by atoms with Gasteiger partial charge >= 0.3 is 0 Å². The number of thiocarbonyl (C=S) groups is 1. The predicted molar refractivity (Wildman–Crippen MR) is 58.7 cm³/mol. The summed E-state index contributed by atoms with van der Waals surface area (Å²) < 4.78 is 0. The lowest BCUT2D eigenvalue weighted by molar-refractivity contribution is 0.422. The summed E-state index contributed by atoms with van der Waals surface area (Å²) in [6.45, 7) is 0.967. The highest BCUT2D eigenvalue weighted by atomic mass is 32.1. The van der Waals surface area contributed by atoms with Crippen LogP contribution in [-0.4, -0.2) is 16.4 Å². The number of nitrogens with zero attached hydrogens (tertiary/aromatic N) is 1. The molecule has 1 fully saturated rings. The van der Waals surface area contributed by atoms with Crippen LogP contribution in [0, 0.1) is 0 Å². The van der Waals surface area contributed by atoms with Crippen LogP contribution in [-0.2, 0) is 6.54 Å². The topological polar surface area (TPSA) is 3.24 Å². The Kier molecular flexibility index (Phi) is 2.60. The smallest absolute Gasteiger partial charge is 0.0646 e. The quantitative estimate of drug-likeness (QED) is 0.673. The van der Waals surface area contributed by atoms with E-state index in [4.69, 9.17) is 12.2 Å². The Morgan fingerprint density at radius 1 is 1.31 bits per heavy atom. The van der Waals surface area contributed by atoms with E-state index >= 15 is 0 Å². The number of rotatable bonds is 4. The monoisotopic (exact) mass is 191 g/mol. The molecule has 0 unspecified atom stereocenters. The highest BCUT2D eigenvalue weighted by Crippen LogP contribution is 2.26. The first-order valence-corrected chi connectivity index (χ1v) is 5.12. The van der Waals surface area contributed by atoms with E-state index in [9.17, 15) is 0 Å². The molecule has 2 heteroatoms. The maximum atomic E-state index is 4.99. The Morgan fingerprint density at radius 2 is 2.00 bits per heavy atom. The van der Waals surface area contributed by atoms with Crippen molar-refractivity contribution in [2.24, 2.45) is 0 Å². The summed E-state index contributed by atoms with van der Waals surface area (Å²) in [7, 11) is 0. The van der Waals surface area contributed by atoms with Gasteiger partial charge in [0.2, 0.25) is 0 Å². The Bertz CT molecular complexity index is 279. The van der Waals surface area contributed by atoms with Gasteiger partial charge in [0.25, 0.3) is 0 Å². The van der Waals surface area contributed by atoms with Crippen molar-refractivity contribution in [1.29, 1.82) is 0 Å². The van der Waals surface area contributed by atoms with Crippen LogP contribution in [0.5, 0.6) is 0 Å². The molecule has 0 bridgehead atoms. The lowest BCUT2D eigenvalue weighted by atomic mass is 10.2. The molecule has 68 valence electrons. The minimum absolute atomic E-state index is 0.720. The molecule has 0 N–H and O–H groups in total. The fourth-order valence-electron chi connectivity index (χ4n) is 1.45. The summed E-state index contributed by atoms with van der Waals surface area (Å²) in [5.41, 5.74) is 3.14. The largest absolute Gasteiger partial charge is 0.361 e. The molecule has 1 saturated carbocycles. The van der Waals surface area contributed by atoms with Crippen molar-refractivity contribution in [2.45, 2.75) is 25.4 Å². The van der Waals surface area contributed by atoms with Crippen molar-refractivity contribution in [3.8, 4) is 0 Å². The molecular formula is C11H13NS. The van der Waals surface area contributed by atoms with Crippen LogP contribution in [0.15, 0.2) is 30.3 Å². The molecule has 0 atom stereocenters. The normalized spacial score (nSPS) is 15.4. The Labute approximate surface area is 84.4 Å². The van der Waals surface area contributed by atoms with Crippen LogP contribution in [0.25, 0.3) is 0 Å². The zero-order chi connectivity index (χ0) is 9.10. The molecule has 0 radical (unpaired) electrons. The summed E-state index contributed by atoms with van der Waals surface area (Å²) in [6.07, 6.45) is 2.61. The third-order valence-electron chi connectivity index (χ3n) is 2.36. The van der Waals surface area contributed by atoms with Crippen LogP contribution in [0.4, 0.5) is 0 Å². The third-order valence-corrected chi connectivity index (χ3v) is 2.63. The molecule has 1 aromatic rings. The van der Waals surface area contributed by atoms with Crippen molar-refractivity contribution in [3.05, 3.63) is 35.9 Å². The maximum absolute atomic E-state index is 4.99. The second kappa shape index (κ2) is 3.88. The molecule has 1 aliphatic carbocycles. The molecule has 2 rings (SSSR count). The van der Waals surface area contributed by atoms with Gasteiger partial charge in [-0.1, -0.05) is 42.5 Å². The van der Waals surface area contributed by atoms with Crippen LogP contribution >= 0.6 is 12.2 Å². The molecule has 13 heavy (non-hydrogen) atoms. The lowest BCUT2D eigenvalue weighted by Crippen LogP contribution is -2.22. The Balaban J connectivity index is 1.99. The molecule has 0 aromatic heterocycles. The zero-order valence-electron chi connectivity index (χ0n) is 7.52. The van der Waals surface area contributed by atoms with Gasteiger partial charge in [0.15, 0.2) is 0 Å². The molecule has 0 heterocycles.